The molecule has 1 aromatic rings. The smallest absolute Gasteiger partial charge is 0.221 e. The molecule has 15 heavy (non-hydrogen) atoms. The highest BCUT2D eigenvalue weighted by atomic mass is 127. The van der Waals surface area contributed by atoms with Crippen LogP contribution < -0.4 is 5.32 Å². The van der Waals surface area contributed by atoms with Gasteiger partial charge in [0.1, 0.15) is 9.39 Å². The van der Waals surface area contributed by atoms with Crippen LogP contribution in [0.15, 0.2) is 0 Å². The summed E-state index contributed by atoms with van der Waals surface area (Å²) in [4.78, 5) is 11.0. The summed E-state index contributed by atoms with van der Waals surface area (Å²) >= 11 is 8.07. The van der Waals surface area contributed by atoms with Gasteiger partial charge in [0, 0.05) is 6.92 Å². The predicted molar refractivity (Wildman–Crippen MR) is 69.3 cm³/mol. The van der Waals surface area contributed by atoms with Gasteiger partial charge in [-0.05, 0) is 43.4 Å². The Kier molecular flexibility index (Phi) is 3.65. The molecule has 84 valence electrons. The Labute approximate surface area is 108 Å². The fourth-order valence-corrected chi connectivity index (χ4v) is 2.69. The lowest BCUT2D eigenvalue weighted by molar-refractivity contribution is -0.114. The van der Waals surface area contributed by atoms with Gasteiger partial charge >= 0.3 is 0 Å². The van der Waals surface area contributed by atoms with Gasteiger partial charge in [-0.2, -0.15) is 5.10 Å². The summed E-state index contributed by atoms with van der Waals surface area (Å²) in [5.74, 6) is -0.150. The van der Waals surface area contributed by atoms with E-state index in [4.69, 9.17) is 11.6 Å². The summed E-state index contributed by atoms with van der Waals surface area (Å²) < 4.78 is 2.63. The van der Waals surface area contributed by atoms with Crippen LogP contribution in [-0.2, 0) is 10.3 Å². The molecule has 0 fully saturated rings. The lowest BCUT2D eigenvalue weighted by Gasteiger charge is -2.20. The summed E-state index contributed by atoms with van der Waals surface area (Å²) in [6.45, 7) is 7.52. The second kappa shape index (κ2) is 4.29. The van der Waals surface area contributed by atoms with Crippen LogP contribution in [0.3, 0.4) is 0 Å². The normalized spacial score (nSPS) is 11.6. The van der Waals surface area contributed by atoms with Crippen molar-refractivity contribution in [3.8, 4) is 0 Å². The van der Waals surface area contributed by atoms with Crippen LogP contribution in [0, 0.1) is 3.70 Å². The van der Waals surface area contributed by atoms with Crippen molar-refractivity contribution in [1.29, 1.82) is 0 Å². The summed E-state index contributed by atoms with van der Waals surface area (Å²) in [5.41, 5.74) is 0.427. The Morgan fingerprint density at radius 3 is 2.40 bits per heavy atom. The first-order chi connectivity index (χ1) is 6.73. The van der Waals surface area contributed by atoms with Gasteiger partial charge in [0.2, 0.25) is 5.91 Å². The molecule has 0 atom stereocenters. The SMILES string of the molecule is CC(=O)Nc1c(Cl)nn(C(C)(C)C)c1I. The average molecular weight is 342 g/mol. The predicted octanol–water partition coefficient (Wildman–Crippen LogP) is 2.85. The lowest BCUT2D eigenvalue weighted by Crippen LogP contribution is -2.24. The van der Waals surface area contributed by atoms with E-state index in [9.17, 15) is 4.79 Å². The second-order valence-corrected chi connectivity index (χ2v) is 5.60. The number of rotatable bonds is 1. The number of hydrogen-bond acceptors (Lipinski definition) is 2. The topological polar surface area (TPSA) is 46.9 Å². The molecule has 1 N–H and O–H groups in total. The minimum absolute atomic E-state index is 0.150. The third-order valence-electron chi connectivity index (χ3n) is 1.72. The summed E-state index contributed by atoms with van der Waals surface area (Å²) in [6.07, 6.45) is 0. The maximum Gasteiger partial charge on any atom is 0.221 e. The Hall–Kier alpha value is -0.300. The largest absolute Gasteiger partial charge is 0.322 e. The Bertz CT molecular complexity index is 395. The van der Waals surface area contributed by atoms with E-state index >= 15 is 0 Å². The molecule has 6 heteroatoms. The van der Waals surface area contributed by atoms with Crippen molar-refractivity contribution in [3.63, 3.8) is 0 Å². The third-order valence-corrected chi connectivity index (χ3v) is 2.98. The molecule has 0 radical (unpaired) electrons. The molecule has 1 heterocycles. The molecule has 0 saturated heterocycles. The lowest BCUT2D eigenvalue weighted by atomic mass is 10.1. The van der Waals surface area contributed by atoms with Crippen molar-refractivity contribution >= 4 is 45.8 Å². The molecule has 0 aliphatic carbocycles. The van der Waals surface area contributed by atoms with Gasteiger partial charge in [-0.3, -0.25) is 9.48 Å². The molecule has 0 aliphatic rings. The van der Waals surface area contributed by atoms with Gasteiger partial charge in [-0.1, -0.05) is 11.6 Å². The Morgan fingerprint density at radius 1 is 1.53 bits per heavy atom. The molecule has 0 aliphatic heterocycles. The zero-order valence-corrected chi connectivity index (χ0v) is 12.0. The van der Waals surface area contributed by atoms with Crippen LogP contribution in [-0.4, -0.2) is 15.7 Å². The van der Waals surface area contributed by atoms with Gasteiger partial charge in [0.05, 0.1) is 5.54 Å². The van der Waals surface area contributed by atoms with Crippen LogP contribution in [0.2, 0.25) is 5.15 Å². The molecule has 0 unspecified atom stereocenters. The van der Waals surface area contributed by atoms with E-state index in [0.29, 0.717) is 10.8 Å². The molecular weight excluding hydrogens is 328 g/mol. The number of halogens is 2. The monoisotopic (exact) mass is 341 g/mol. The van der Waals surface area contributed by atoms with Gasteiger partial charge in [0.15, 0.2) is 5.15 Å². The first-order valence-corrected chi connectivity index (χ1v) is 5.91. The molecule has 1 amide bonds. The van der Waals surface area contributed by atoms with E-state index < -0.39 is 0 Å². The average Bonchev–Trinajstić information content (AvgIpc) is 2.30. The van der Waals surface area contributed by atoms with Crippen LogP contribution in [0.4, 0.5) is 5.69 Å². The number of anilines is 1. The van der Waals surface area contributed by atoms with Crippen LogP contribution in [0.1, 0.15) is 27.7 Å². The van der Waals surface area contributed by atoms with Crippen molar-refractivity contribution in [2.75, 3.05) is 5.32 Å². The zero-order chi connectivity index (χ0) is 11.8. The minimum Gasteiger partial charge on any atom is -0.322 e. The van der Waals surface area contributed by atoms with Crippen molar-refractivity contribution in [2.45, 2.75) is 33.2 Å². The molecule has 0 aromatic carbocycles. The molecule has 1 rings (SSSR count). The van der Waals surface area contributed by atoms with E-state index in [1.54, 1.807) is 4.68 Å². The van der Waals surface area contributed by atoms with E-state index in [1.165, 1.54) is 6.92 Å². The molecule has 4 nitrogen and oxygen atoms in total. The fourth-order valence-electron chi connectivity index (χ4n) is 1.10. The molecular formula is C9H13ClIN3O. The zero-order valence-electron chi connectivity index (χ0n) is 9.06. The Morgan fingerprint density at radius 2 is 2.07 bits per heavy atom. The first kappa shape index (κ1) is 12.8. The number of aromatic nitrogens is 2. The number of carbonyl (C=O) groups excluding carboxylic acids is 1. The highest BCUT2D eigenvalue weighted by Crippen LogP contribution is 2.30. The first-order valence-electron chi connectivity index (χ1n) is 4.45. The quantitative estimate of drug-likeness (QED) is 0.799. The maximum atomic E-state index is 11.0. The highest BCUT2D eigenvalue weighted by Gasteiger charge is 2.23. The van der Waals surface area contributed by atoms with E-state index in [0.717, 1.165) is 3.70 Å². The van der Waals surface area contributed by atoms with Crippen molar-refractivity contribution in [1.82, 2.24) is 9.78 Å². The van der Waals surface area contributed by atoms with Crippen molar-refractivity contribution in [2.24, 2.45) is 0 Å². The number of hydrogen-bond donors (Lipinski definition) is 1. The third kappa shape index (κ3) is 2.84. The molecule has 0 saturated carbocycles. The van der Waals surface area contributed by atoms with Crippen molar-refractivity contribution in [3.05, 3.63) is 8.85 Å². The summed E-state index contributed by atoms with van der Waals surface area (Å²) in [6, 6.07) is 0. The van der Waals surface area contributed by atoms with Gasteiger partial charge < -0.3 is 5.32 Å². The summed E-state index contributed by atoms with van der Waals surface area (Å²) in [7, 11) is 0. The fraction of sp³-hybridized carbons (Fsp3) is 0.556. The van der Waals surface area contributed by atoms with Crippen molar-refractivity contribution < 1.29 is 4.79 Å². The molecule has 1 aromatic heterocycles. The standard InChI is InChI=1S/C9H13ClIN3O/c1-5(15)12-6-7(10)13-14(8(6)11)9(2,3)4/h1-4H3,(H,12,15). The second-order valence-electron chi connectivity index (χ2n) is 4.22. The van der Waals surface area contributed by atoms with Gasteiger partial charge in [0.25, 0.3) is 0 Å². The number of nitrogens with zero attached hydrogens (tertiary/aromatic N) is 2. The van der Waals surface area contributed by atoms with E-state index in [1.807, 2.05) is 20.8 Å². The van der Waals surface area contributed by atoms with E-state index in [2.05, 4.69) is 33.0 Å². The molecule has 0 bridgehead atoms. The van der Waals surface area contributed by atoms with Crippen LogP contribution in [0.25, 0.3) is 0 Å². The maximum absolute atomic E-state index is 11.0. The number of carbonyl (C=O) groups is 1. The van der Waals surface area contributed by atoms with Gasteiger partial charge in [-0.25, -0.2) is 0 Å². The minimum atomic E-state index is -0.156. The van der Waals surface area contributed by atoms with Gasteiger partial charge in [-0.15, -0.1) is 0 Å². The Balaban J connectivity index is 3.21. The van der Waals surface area contributed by atoms with Crippen LogP contribution >= 0.6 is 34.2 Å². The van der Waals surface area contributed by atoms with E-state index in [-0.39, 0.29) is 11.4 Å². The van der Waals surface area contributed by atoms with Crippen LogP contribution in [0.5, 0.6) is 0 Å². The molecule has 0 spiro atoms. The highest BCUT2D eigenvalue weighted by molar-refractivity contribution is 14.1. The number of nitrogens with one attached hydrogen (secondary N) is 1. The summed E-state index contributed by atoms with van der Waals surface area (Å²) in [5, 5.41) is 7.19. The number of amides is 1.